The zero-order valence-corrected chi connectivity index (χ0v) is 9.37. The van der Waals surface area contributed by atoms with Gasteiger partial charge >= 0.3 is 0 Å². The van der Waals surface area contributed by atoms with Gasteiger partial charge in [-0.25, -0.2) is 0 Å². The van der Waals surface area contributed by atoms with E-state index in [0.717, 1.165) is 63.1 Å². The van der Waals surface area contributed by atoms with Crippen molar-refractivity contribution in [2.24, 2.45) is 11.5 Å². The van der Waals surface area contributed by atoms with Crippen molar-refractivity contribution in [2.45, 2.75) is 38.5 Å². The van der Waals surface area contributed by atoms with Crippen molar-refractivity contribution in [3.63, 3.8) is 0 Å². The zero-order valence-electron chi connectivity index (χ0n) is 9.37. The fraction of sp³-hybridized carbons (Fsp3) is 0.667. The number of aryl methyl sites for hydroxylation is 2. The van der Waals surface area contributed by atoms with E-state index in [-0.39, 0.29) is 0 Å². The maximum Gasteiger partial charge on any atom is 0.104 e. The minimum atomic E-state index is 0.768. The molecule has 1 rings (SSSR count). The summed E-state index contributed by atoms with van der Waals surface area (Å²) in [6.45, 7) is 1.54. The molecule has 0 amide bonds. The highest BCUT2D eigenvalue weighted by Gasteiger charge is 2.01. The van der Waals surface area contributed by atoms with Crippen molar-refractivity contribution in [2.75, 3.05) is 13.1 Å². The van der Waals surface area contributed by atoms with Gasteiger partial charge in [0, 0.05) is 12.8 Å². The highest BCUT2D eigenvalue weighted by Crippen LogP contribution is 2.12. The standard InChI is InChI=1S/C12H22N2O/c13-9-3-1-5-11-7-8-12(15-11)6-2-4-10-14/h7-8H,1-6,9-10,13-14H2. The molecule has 86 valence electrons. The Hall–Kier alpha value is -0.800. The summed E-state index contributed by atoms with van der Waals surface area (Å²) in [7, 11) is 0. The topological polar surface area (TPSA) is 65.2 Å². The smallest absolute Gasteiger partial charge is 0.104 e. The number of furan rings is 1. The lowest BCUT2D eigenvalue weighted by atomic mass is 10.2. The van der Waals surface area contributed by atoms with E-state index < -0.39 is 0 Å². The van der Waals surface area contributed by atoms with E-state index in [4.69, 9.17) is 15.9 Å². The average molecular weight is 210 g/mol. The molecule has 0 aromatic carbocycles. The third kappa shape index (κ3) is 5.00. The van der Waals surface area contributed by atoms with Gasteiger partial charge in [0.2, 0.25) is 0 Å². The van der Waals surface area contributed by atoms with Crippen molar-refractivity contribution in [1.82, 2.24) is 0 Å². The second-order valence-electron chi connectivity index (χ2n) is 3.86. The Morgan fingerprint density at radius 1 is 0.800 bits per heavy atom. The Balaban J connectivity index is 2.23. The Morgan fingerprint density at radius 3 is 1.67 bits per heavy atom. The van der Waals surface area contributed by atoms with Crippen LogP contribution in [0.1, 0.15) is 37.2 Å². The van der Waals surface area contributed by atoms with Gasteiger partial charge in [-0.3, -0.25) is 0 Å². The number of unbranched alkanes of at least 4 members (excludes halogenated alkanes) is 2. The molecule has 0 saturated heterocycles. The van der Waals surface area contributed by atoms with Gasteiger partial charge in [0.25, 0.3) is 0 Å². The van der Waals surface area contributed by atoms with Crippen LogP contribution in [0.15, 0.2) is 16.5 Å². The molecule has 1 aromatic heterocycles. The first kappa shape index (κ1) is 12.3. The average Bonchev–Trinajstić information content (AvgIpc) is 2.67. The van der Waals surface area contributed by atoms with Gasteiger partial charge in [-0.1, -0.05) is 0 Å². The van der Waals surface area contributed by atoms with Gasteiger partial charge in [-0.05, 0) is 50.9 Å². The summed E-state index contributed by atoms with van der Waals surface area (Å²) in [6.07, 6.45) is 6.40. The van der Waals surface area contributed by atoms with Crippen molar-refractivity contribution in [1.29, 1.82) is 0 Å². The van der Waals surface area contributed by atoms with Crippen molar-refractivity contribution in [3.05, 3.63) is 23.7 Å². The summed E-state index contributed by atoms with van der Waals surface area (Å²) in [4.78, 5) is 0. The molecule has 3 nitrogen and oxygen atoms in total. The molecule has 0 radical (unpaired) electrons. The molecule has 0 bridgehead atoms. The Bertz CT molecular complexity index is 233. The van der Waals surface area contributed by atoms with Crippen molar-refractivity contribution >= 4 is 0 Å². The minimum absolute atomic E-state index is 0.768. The Kier molecular flexibility index (Phi) is 6.12. The summed E-state index contributed by atoms with van der Waals surface area (Å²) in [5.41, 5.74) is 10.9. The van der Waals surface area contributed by atoms with Gasteiger partial charge in [0.1, 0.15) is 11.5 Å². The predicted octanol–water partition coefficient (Wildman–Crippen LogP) is 1.84. The fourth-order valence-corrected chi connectivity index (χ4v) is 1.58. The highest BCUT2D eigenvalue weighted by molar-refractivity contribution is 5.07. The first-order valence-corrected chi connectivity index (χ1v) is 5.84. The molecule has 0 saturated carbocycles. The summed E-state index contributed by atoms with van der Waals surface area (Å²) >= 11 is 0. The lowest BCUT2D eigenvalue weighted by molar-refractivity contribution is 0.451. The van der Waals surface area contributed by atoms with Gasteiger partial charge in [-0.15, -0.1) is 0 Å². The largest absolute Gasteiger partial charge is 0.466 e. The molecule has 0 spiro atoms. The van der Waals surface area contributed by atoms with Crippen LogP contribution >= 0.6 is 0 Å². The van der Waals surface area contributed by atoms with Crippen LogP contribution in [0.5, 0.6) is 0 Å². The van der Waals surface area contributed by atoms with Gasteiger partial charge < -0.3 is 15.9 Å². The molecular weight excluding hydrogens is 188 g/mol. The number of hydrogen-bond donors (Lipinski definition) is 2. The summed E-state index contributed by atoms with van der Waals surface area (Å²) < 4.78 is 5.70. The van der Waals surface area contributed by atoms with Gasteiger partial charge in [0.15, 0.2) is 0 Å². The molecule has 1 heterocycles. The molecule has 3 heteroatoms. The van der Waals surface area contributed by atoms with E-state index in [0.29, 0.717) is 0 Å². The SMILES string of the molecule is NCCCCc1ccc(CCCCN)o1. The molecule has 0 atom stereocenters. The van der Waals surface area contributed by atoms with Crippen molar-refractivity contribution < 1.29 is 4.42 Å². The predicted molar refractivity (Wildman–Crippen MR) is 62.7 cm³/mol. The summed E-state index contributed by atoms with van der Waals surface area (Å²) in [5.74, 6) is 2.18. The van der Waals surface area contributed by atoms with Crippen LogP contribution in [0.2, 0.25) is 0 Å². The first-order chi connectivity index (χ1) is 7.36. The fourth-order valence-electron chi connectivity index (χ4n) is 1.58. The maximum atomic E-state index is 5.70. The third-order valence-electron chi connectivity index (χ3n) is 2.47. The second kappa shape index (κ2) is 7.49. The first-order valence-electron chi connectivity index (χ1n) is 5.84. The molecule has 15 heavy (non-hydrogen) atoms. The van der Waals surface area contributed by atoms with Crippen LogP contribution < -0.4 is 11.5 Å². The molecule has 0 unspecified atom stereocenters. The normalized spacial score (nSPS) is 10.8. The van der Waals surface area contributed by atoms with Crippen LogP contribution in [-0.4, -0.2) is 13.1 Å². The highest BCUT2D eigenvalue weighted by atomic mass is 16.3. The number of rotatable bonds is 8. The van der Waals surface area contributed by atoms with E-state index in [1.807, 2.05) is 0 Å². The van der Waals surface area contributed by atoms with Crippen molar-refractivity contribution in [3.8, 4) is 0 Å². The Morgan fingerprint density at radius 2 is 1.27 bits per heavy atom. The van der Waals surface area contributed by atoms with Gasteiger partial charge in [-0.2, -0.15) is 0 Å². The van der Waals surface area contributed by atoms with E-state index >= 15 is 0 Å². The van der Waals surface area contributed by atoms with Crippen LogP contribution in [0.25, 0.3) is 0 Å². The Labute approximate surface area is 91.8 Å². The molecule has 0 aliphatic rings. The molecule has 0 fully saturated rings. The summed E-state index contributed by atoms with van der Waals surface area (Å²) in [5, 5.41) is 0. The quantitative estimate of drug-likeness (QED) is 0.643. The van der Waals surface area contributed by atoms with Gasteiger partial charge in [0.05, 0.1) is 0 Å². The molecular formula is C12H22N2O. The summed E-state index contributed by atoms with van der Waals surface area (Å²) in [6, 6.07) is 4.16. The van der Waals surface area contributed by atoms with Crippen LogP contribution in [0.4, 0.5) is 0 Å². The molecule has 0 aliphatic carbocycles. The van der Waals surface area contributed by atoms with Crippen LogP contribution in [0.3, 0.4) is 0 Å². The zero-order chi connectivity index (χ0) is 10.9. The number of nitrogens with two attached hydrogens (primary N) is 2. The second-order valence-corrected chi connectivity index (χ2v) is 3.86. The molecule has 1 aromatic rings. The lowest BCUT2D eigenvalue weighted by Crippen LogP contribution is -1.99. The maximum absolute atomic E-state index is 5.70. The lowest BCUT2D eigenvalue weighted by Gasteiger charge is -1.97. The molecule has 4 N–H and O–H groups in total. The third-order valence-corrected chi connectivity index (χ3v) is 2.47. The molecule has 0 aliphatic heterocycles. The van der Waals surface area contributed by atoms with E-state index in [9.17, 15) is 0 Å². The van der Waals surface area contributed by atoms with Crippen LogP contribution in [-0.2, 0) is 12.8 Å². The minimum Gasteiger partial charge on any atom is -0.466 e. The monoisotopic (exact) mass is 210 g/mol. The van der Waals surface area contributed by atoms with Crippen LogP contribution in [0, 0.1) is 0 Å². The number of hydrogen-bond acceptors (Lipinski definition) is 3. The van der Waals surface area contributed by atoms with E-state index in [2.05, 4.69) is 12.1 Å². The van der Waals surface area contributed by atoms with E-state index in [1.165, 1.54) is 0 Å². The van der Waals surface area contributed by atoms with E-state index in [1.54, 1.807) is 0 Å².